The Morgan fingerprint density at radius 1 is 1.06 bits per heavy atom. The van der Waals surface area contributed by atoms with E-state index in [4.69, 9.17) is 27.9 Å². The number of hydrogen-bond acceptors (Lipinski definition) is 5. The quantitative estimate of drug-likeness (QED) is 0.366. The average molecular weight is 559 g/mol. The zero-order chi connectivity index (χ0) is 26.9. The second-order valence-corrected chi connectivity index (χ2v) is 11.1. The van der Waals surface area contributed by atoms with Crippen LogP contribution in [0.15, 0.2) is 42.5 Å². The zero-order valence-corrected chi connectivity index (χ0v) is 23.3. The molecule has 0 aliphatic rings. The number of ether oxygens (including phenoxy) is 1. The molecule has 0 aromatic heterocycles. The molecule has 2 rings (SSSR count). The van der Waals surface area contributed by atoms with Gasteiger partial charge in [0.05, 0.1) is 19.1 Å². The van der Waals surface area contributed by atoms with Gasteiger partial charge in [-0.15, -0.1) is 0 Å². The minimum Gasteiger partial charge on any atom is -0.497 e. The Kier molecular flexibility index (Phi) is 11.3. The summed E-state index contributed by atoms with van der Waals surface area (Å²) in [6, 6.07) is 10.6. The third-order valence-corrected chi connectivity index (χ3v) is 7.12. The van der Waals surface area contributed by atoms with Crippen LogP contribution in [0.5, 0.6) is 5.75 Å². The summed E-state index contributed by atoms with van der Waals surface area (Å²) >= 11 is 12.2. The first-order valence-electron chi connectivity index (χ1n) is 11.6. The summed E-state index contributed by atoms with van der Waals surface area (Å²) < 4.78 is 31.5. The highest BCUT2D eigenvalue weighted by atomic mass is 35.5. The second-order valence-electron chi connectivity index (χ2n) is 8.34. The van der Waals surface area contributed by atoms with E-state index in [1.165, 1.54) is 23.1 Å². The van der Waals surface area contributed by atoms with Crippen molar-refractivity contribution in [2.75, 3.05) is 30.8 Å². The van der Waals surface area contributed by atoms with Gasteiger partial charge in [0.2, 0.25) is 21.8 Å². The lowest BCUT2D eigenvalue weighted by Crippen LogP contribution is -2.52. The number of carbonyl (C=O) groups excluding carboxylic acids is 2. The Morgan fingerprint density at radius 2 is 1.67 bits per heavy atom. The normalized spacial score (nSPS) is 12.1. The highest BCUT2D eigenvalue weighted by Gasteiger charge is 2.31. The van der Waals surface area contributed by atoms with E-state index in [0.717, 1.165) is 29.0 Å². The molecule has 0 radical (unpaired) electrons. The van der Waals surface area contributed by atoms with Crippen molar-refractivity contribution in [1.82, 2.24) is 10.2 Å². The van der Waals surface area contributed by atoms with Crippen LogP contribution in [0.4, 0.5) is 5.69 Å². The van der Waals surface area contributed by atoms with Crippen molar-refractivity contribution in [3.8, 4) is 5.75 Å². The highest BCUT2D eigenvalue weighted by Crippen LogP contribution is 2.27. The number of benzene rings is 2. The Balaban J connectivity index is 2.43. The molecule has 8 nitrogen and oxygen atoms in total. The standard InChI is InChI=1S/C25H33Cl2N3O5S/c1-5-7-12-28-25(32)23(6-2)29(16-18-8-10-22(35-3)11-9-18)24(31)17-30(36(4,33)34)21-14-19(26)13-20(27)15-21/h8-11,13-15,23H,5-7,12,16-17H2,1-4H3,(H,28,32)/t23-/m1/s1. The van der Waals surface area contributed by atoms with Crippen molar-refractivity contribution in [2.24, 2.45) is 0 Å². The van der Waals surface area contributed by atoms with Crippen LogP contribution in [0, 0.1) is 0 Å². The number of rotatable bonds is 13. The molecule has 198 valence electrons. The first-order valence-corrected chi connectivity index (χ1v) is 14.2. The highest BCUT2D eigenvalue weighted by molar-refractivity contribution is 7.92. The van der Waals surface area contributed by atoms with Gasteiger partial charge < -0.3 is 15.0 Å². The van der Waals surface area contributed by atoms with Gasteiger partial charge in [0.1, 0.15) is 18.3 Å². The van der Waals surface area contributed by atoms with Crippen molar-refractivity contribution in [1.29, 1.82) is 0 Å². The number of anilines is 1. The van der Waals surface area contributed by atoms with Crippen LogP contribution in [0.2, 0.25) is 10.0 Å². The smallest absolute Gasteiger partial charge is 0.244 e. The summed E-state index contributed by atoms with van der Waals surface area (Å²) in [5, 5.41) is 3.35. The predicted molar refractivity (Wildman–Crippen MR) is 144 cm³/mol. The molecular formula is C25H33Cl2N3O5S. The number of unbranched alkanes of at least 4 members (excludes halogenated alkanes) is 1. The van der Waals surface area contributed by atoms with Gasteiger partial charge in [-0.2, -0.15) is 0 Å². The van der Waals surface area contributed by atoms with Gasteiger partial charge in [0.25, 0.3) is 0 Å². The summed E-state index contributed by atoms with van der Waals surface area (Å²) in [5.41, 5.74) is 0.925. The molecule has 1 atom stereocenters. The Hall–Kier alpha value is -2.49. The van der Waals surface area contributed by atoms with Crippen LogP contribution >= 0.6 is 23.2 Å². The molecule has 36 heavy (non-hydrogen) atoms. The van der Waals surface area contributed by atoms with Gasteiger partial charge >= 0.3 is 0 Å². The molecule has 0 spiro atoms. The molecule has 0 bridgehead atoms. The van der Waals surface area contributed by atoms with Crippen molar-refractivity contribution >= 4 is 50.7 Å². The van der Waals surface area contributed by atoms with Crippen LogP contribution in [-0.2, 0) is 26.2 Å². The van der Waals surface area contributed by atoms with Gasteiger partial charge in [-0.05, 0) is 48.7 Å². The Bertz CT molecular complexity index is 1120. The van der Waals surface area contributed by atoms with E-state index in [1.807, 2.05) is 13.8 Å². The molecule has 0 aliphatic heterocycles. The Morgan fingerprint density at radius 3 is 2.17 bits per heavy atom. The predicted octanol–water partition coefficient (Wildman–Crippen LogP) is 4.49. The van der Waals surface area contributed by atoms with Crippen molar-refractivity contribution < 1.29 is 22.7 Å². The van der Waals surface area contributed by atoms with E-state index in [2.05, 4.69) is 5.32 Å². The molecule has 0 saturated heterocycles. The number of nitrogens with zero attached hydrogens (tertiary/aromatic N) is 2. The first-order chi connectivity index (χ1) is 17.0. The molecule has 11 heteroatoms. The fourth-order valence-corrected chi connectivity index (χ4v) is 5.00. The van der Waals surface area contributed by atoms with Crippen LogP contribution < -0.4 is 14.4 Å². The second kappa shape index (κ2) is 13.7. The van der Waals surface area contributed by atoms with Gasteiger partial charge in [-0.25, -0.2) is 8.42 Å². The zero-order valence-electron chi connectivity index (χ0n) is 21.0. The van der Waals surface area contributed by atoms with Crippen LogP contribution in [0.1, 0.15) is 38.7 Å². The first kappa shape index (κ1) is 29.7. The number of amides is 2. The molecular weight excluding hydrogens is 525 g/mol. The summed E-state index contributed by atoms with van der Waals surface area (Å²) in [7, 11) is -2.32. The van der Waals surface area contributed by atoms with Crippen molar-refractivity contribution in [3.05, 3.63) is 58.1 Å². The molecule has 1 N–H and O–H groups in total. The van der Waals surface area contributed by atoms with Gasteiger partial charge in [-0.3, -0.25) is 13.9 Å². The van der Waals surface area contributed by atoms with E-state index in [0.29, 0.717) is 18.7 Å². The van der Waals surface area contributed by atoms with Crippen molar-refractivity contribution in [3.63, 3.8) is 0 Å². The van der Waals surface area contributed by atoms with E-state index < -0.39 is 28.5 Å². The maximum Gasteiger partial charge on any atom is 0.244 e. The minimum atomic E-state index is -3.88. The number of halogens is 2. The average Bonchev–Trinajstić information content (AvgIpc) is 2.81. The molecule has 0 unspecified atom stereocenters. The van der Waals surface area contributed by atoms with Crippen LogP contribution in [-0.4, -0.2) is 57.6 Å². The number of nitrogens with one attached hydrogen (secondary N) is 1. The molecule has 0 saturated carbocycles. The van der Waals surface area contributed by atoms with E-state index in [1.54, 1.807) is 31.4 Å². The fraction of sp³-hybridized carbons (Fsp3) is 0.440. The van der Waals surface area contributed by atoms with Gasteiger partial charge in [0.15, 0.2) is 0 Å². The summed E-state index contributed by atoms with van der Waals surface area (Å²) in [4.78, 5) is 28.1. The maximum absolute atomic E-state index is 13.7. The SMILES string of the molecule is CCCCNC(=O)[C@@H](CC)N(Cc1ccc(OC)cc1)C(=O)CN(c1cc(Cl)cc(Cl)c1)S(C)(=O)=O. The van der Waals surface area contributed by atoms with Crippen molar-refractivity contribution in [2.45, 2.75) is 45.7 Å². The lowest BCUT2D eigenvalue weighted by molar-refractivity contribution is -0.140. The number of methoxy groups -OCH3 is 1. The number of carbonyl (C=O) groups is 2. The lowest BCUT2D eigenvalue weighted by atomic mass is 10.1. The summed E-state index contributed by atoms with van der Waals surface area (Å²) in [6.45, 7) is 3.90. The Labute approximate surface area is 223 Å². The van der Waals surface area contributed by atoms with E-state index >= 15 is 0 Å². The maximum atomic E-state index is 13.7. The fourth-order valence-electron chi connectivity index (χ4n) is 3.65. The van der Waals surface area contributed by atoms with Crippen LogP contribution in [0.25, 0.3) is 0 Å². The molecule has 0 heterocycles. The van der Waals surface area contributed by atoms with E-state index in [-0.39, 0.29) is 28.2 Å². The molecule has 2 aromatic rings. The topological polar surface area (TPSA) is 96.0 Å². The summed E-state index contributed by atoms with van der Waals surface area (Å²) in [5.74, 6) is -0.170. The minimum absolute atomic E-state index is 0.108. The number of sulfonamides is 1. The lowest BCUT2D eigenvalue weighted by Gasteiger charge is -2.33. The van der Waals surface area contributed by atoms with E-state index in [9.17, 15) is 18.0 Å². The number of hydrogen-bond donors (Lipinski definition) is 1. The van der Waals surface area contributed by atoms with Crippen LogP contribution in [0.3, 0.4) is 0 Å². The van der Waals surface area contributed by atoms with Gasteiger partial charge in [-0.1, -0.05) is 55.6 Å². The monoisotopic (exact) mass is 557 g/mol. The summed E-state index contributed by atoms with van der Waals surface area (Å²) in [6.07, 6.45) is 3.07. The third kappa shape index (κ3) is 8.57. The molecule has 2 amide bonds. The largest absolute Gasteiger partial charge is 0.497 e. The van der Waals surface area contributed by atoms with Gasteiger partial charge in [0, 0.05) is 23.1 Å². The molecule has 0 fully saturated rings. The molecule has 2 aromatic carbocycles. The third-order valence-electron chi connectivity index (χ3n) is 5.54. The molecule has 0 aliphatic carbocycles.